The Morgan fingerprint density at radius 2 is 1.92 bits per heavy atom. The van der Waals surface area contributed by atoms with Gasteiger partial charge in [-0.05, 0) is 68.1 Å². The van der Waals surface area contributed by atoms with Crippen LogP contribution >= 0.6 is 0 Å². The van der Waals surface area contributed by atoms with Gasteiger partial charge in [0.05, 0.1) is 5.71 Å². The molecule has 1 N–H and O–H groups in total. The molecule has 0 aromatic heterocycles. The van der Waals surface area contributed by atoms with Gasteiger partial charge in [-0.1, -0.05) is 30.7 Å². The van der Waals surface area contributed by atoms with Crippen molar-refractivity contribution in [1.82, 2.24) is 0 Å². The van der Waals surface area contributed by atoms with Crippen LogP contribution in [0.2, 0.25) is 0 Å². The molecule has 4 rings (SSSR count). The fourth-order valence-electron chi connectivity index (χ4n) is 6.92. The maximum Gasteiger partial charge on any atom is 0.302 e. The number of oxime groups is 1. The topological polar surface area (TPSA) is 58.9 Å². The molecule has 0 radical (unpaired) electrons. The van der Waals surface area contributed by atoms with E-state index in [-0.39, 0.29) is 22.9 Å². The van der Waals surface area contributed by atoms with Crippen molar-refractivity contribution in [3.8, 4) is 0 Å². The number of nitrogens with zero attached hydrogens (tertiary/aromatic N) is 1. The third kappa shape index (κ3) is 2.47. The minimum atomic E-state index is -0.155. The third-order valence-electron chi connectivity index (χ3n) is 8.25. The van der Waals surface area contributed by atoms with Gasteiger partial charge in [0, 0.05) is 18.8 Å². The van der Waals surface area contributed by atoms with E-state index in [0.717, 1.165) is 50.2 Å². The van der Waals surface area contributed by atoms with Gasteiger partial charge in [0.25, 0.3) is 0 Å². The van der Waals surface area contributed by atoms with Crippen LogP contribution in [0.15, 0.2) is 16.8 Å². The van der Waals surface area contributed by atoms with E-state index in [0.29, 0.717) is 11.8 Å². The second kappa shape index (κ2) is 5.85. The molecule has 0 aromatic rings. The van der Waals surface area contributed by atoms with Gasteiger partial charge in [-0.15, -0.1) is 0 Å². The van der Waals surface area contributed by atoms with Gasteiger partial charge in [-0.25, -0.2) is 0 Å². The van der Waals surface area contributed by atoms with Gasteiger partial charge >= 0.3 is 5.97 Å². The minimum Gasteiger partial charge on any atom is -0.462 e. The summed E-state index contributed by atoms with van der Waals surface area (Å²) in [6.07, 6.45) is 11.2. The average molecular weight is 345 g/mol. The van der Waals surface area contributed by atoms with Crippen LogP contribution in [0.25, 0.3) is 0 Å². The second-order valence-electron chi connectivity index (χ2n) is 9.28. The van der Waals surface area contributed by atoms with E-state index < -0.39 is 0 Å². The van der Waals surface area contributed by atoms with Crippen LogP contribution in [0.4, 0.5) is 0 Å². The summed E-state index contributed by atoms with van der Waals surface area (Å²) >= 11 is 0. The number of fused-ring (bicyclic) bond motifs is 5. The molecule has 4 aliphatic carbocycles. The zero-order valence-corrected chi connectivity index (χ0v) is 15.8. The predicted molar refractivity (Wildman–Crippen MR) is 96.5 cm³/mol. The smallest absolute Gasteiger partial charge is 0.302 e. The molecule has 3 fully saturated rings. The lowest BCUT2D eigenvalue weighted by molar-refractivity contribution is -0.148. The molecule has 0 aromatic carbocycles. The van der Waals surface area contributed by atoms with Crippen LogP contribution in [-0.4, -0.2) is 23.0 Å². The summed E-state index contributed by atoms with van der Waals surface area (Å²) in [4.78, 5) is 11.3. The van der Waals surface area contributed by atoms with Crippen molar-refractivity contribution in [3.63, 3.8) is 0 Å². The minimum absolute atomic E-state index is 0.0711. The molecule has 0 spiro atoms. The van der Waals surface area contributed by atoms with Crippen LogP contribution in [0, 0.1) is 28.6 Å². The van der Waals surface area contributed by atoms with Crippen molar-refractivity contribution in [3.05, 3.63) is 11.6 Å². The van der Waals surface area contributed by atoms with Crippen LogP contribution < -0.4 is 0 Å². The van der Waals surface area contributed by atoms with Gasteiger partial charge in [-0.2, -0.15) is 0 Å². The summed E-state index contributed by atoms with van der Waals surface area (Å²) in [7, 11) is 0. The van der Waals surface area contributed by atoms with Crippen LogP contribution in [-0.2, 0) is 9.53 Å². The van der Waals surface area contributed by atoms with Crippen molar-refractivity contribution in [1.29, 1.82) is 0 Å². The zero-order valence-electron chi connectivity index (χ0n) is 15.8. The van der Waals surface area contributed by atoms with E-state index in [1.807, 2.05) is 0 Å². The first kappa shape index (κ1) is 17.1. The maximum absolute atomic E-state index is 11.3. The SMILES string of the molecule is CC(=O)O[C@@H]1CC[C@@]2(C)C(=CC[C@H]3[C@H]2CC[C@@]2(C)/C(=N\O)CC[C@H]32)C1. The number of hydrogen-bond donors (Lipinski definition) is 1. The number of rotatable bonds is 1. The Bertz CT molecular complexity index is 639. The first-order valence-electron chi connectivity index (χ1n) is 9.96. The number of carbonyl (C=O) groups excluding carboxylic acids is 1. The number of esters is 1. The normalized spacial score (nSPS) is 47.5. The molecule has 138 valence electrons. The largest absolute Gasteiger partial charge is 0.462 e. The van der Waals surface area contributed by atoms with Crippen LogP contribution in [0.3, 0.4) is 0 Å². The lowest BCUT2D eigenvalue weighted by Crippen LogP contribution is -2.50. The lowest BCUT2D eigenvalue weighted by atomic mass is 9.48. The Labute approximate surface area is 150 Å². The van der Waals surface area contributed by atoms with Gasteiger partial charge in [0.1, 0.15) is 6.10 Å². The van der Waals surface area contributed by atoms with Gasteiger partial charge in [-0.3, -0.25) is 4.79 Å². The lowest BCUT2D eigenvalue weighted by Gasteiger charge is -2.57. The standard InChI is InChI=1S/C21H31NO3/c1-13(23)25-15-8-10-20(2)14(12-15)4-5-16-17-6-7-19(22-24)21(17,3)11-9-18(16)20/h4,15-18,24H,5-12H2,1-3H3/b22-19-/t15-,16-,17-,18-,20+,21-/m1/s1. The molecule has 3 saturated carbocycles. The fourth-order valence-corrected chi connectivity index (χ4v) is 6.92. The molecule has 25 heavy (non-hydrogen) atoms. The van der Waals surface area contributed by atoms with Crippen molar-refractivity contribution < 1.29 is 14.7 Å². The highest BCUT2D eigenvalue weighted by Gasteiger charge is 2.58. The second-order valence-corrected chi connectivity index (χ2v) is 9.28. The average Bonchev–Trinajstić information content (AvgIpc) is 2.91. The Hall–Kier alpha value is -1.32. The summed E-state index contributed by atoms with van der Waals surface area (Å²) < 4.78 is 5.51. The number of hydrogen-bond acceptors (Lipinski definition) is 4. The summed E-state index contributed by atoms with van der Waals surface area (Å²) in [6, 6.07) is 0. The van der Waals surface area contributed by atoms with E-state index in [2.05, 4.69) is 25.1 Å². The highest BCUT2D eigenvalue weighted by atomic mass is 16.5. The van der Waals surface area contributed by atoms with E-state index >= 15 is 0 Å². The van der Waals surface area contributed by atoms with E-state index in [1.54, 1.807) is 0 Å². The van der Waals surface area contributed by atoms with Crippen LogP contribution in [0.1, 0.15) is 72.1 Å². The molecule has 6 atom stereocenters. The summed E-state index contributed by atoms with van der Waals surface area (Å²) in [5, 5.41) is 13.1. The monoisotopic (exact) mass is 345 g/mol. The summed E-state index contributed by atoms with van der Waals surface area (Å²) in [5.74, 6) is 1.93. The fraction of sp³-hybridized carbons (Fsp3) is 0.810. The Morgan fingerprint density at radius 3 is 2.64 bits per heavy atom. The molecule has 4 aliphatic rings. The molecule has 0 amide bonds. The molecule has 0 bridgehead atoms. The number of ether oxygens (including phenoxy) is 1. The van der Waals surface area contributed by atoms with Crippen molar-refractivity contribution in [2.45, 2.75) is 78.2 Å². The highest BCUT2D eigenvalue weighted by Crippen LogP contribution is 2.64. The predicted octanol–water partition coefficient (Wildman–Crippen LogP) is 4.71. The van der Waals surface area contributed by atoms with E-state index in [1.165, 1.54) is 25.3 Å². The molecule has 4 heteroatoms. The molecular formula is C21H31NO3. The van der Waals surface area contributed by atoms with Crippen molar-refractivity contribution in [2.24, 2.45) is 33.7 Å². The Morgan fingerprint density at radius 1 is 1.20 bits per heavy atom. The quantitative estimate of drug-likeness (QED) is 0.324. The Kier molecular flexibility index (Phi) is 4.01. The van der Waals surface area contributed by atoms with Crippen molar-refractivity contribution in [2.75, 3.05) is 0 Å². The first-order valence-corrected chi connectivity index (χ1v) is 9.96. The zero-order chi connectivity index (χ0) is 17.8. The van der Waals surface area contributed by atoms with Gasteiger partial charge in [0.2, 0.25) is 0 Å². The molecular weight excluding hydrogens is 314 g/mol. The molecule has 0 heterocycles. The maximum atomic E-state index is 11.3. The van der Waals surface area contributed by atoms with Gasteiger partial charge < -0.3 is 9.94 Å². The first-order chi connectivity index (χ1) is 11.9. The molecule has 4 nitrogen and oxygen atoms in total. The molecule has 0 unspecified atom stereocenters. The van der Waals surface area contributed by atoms with Crippen LogP contribution in [0.5, 0.6) is 0 Å². The van der Waals surface area contributed by atoms with E-state index in [4.69, 9.17) is 4.74 Å². The Balaban J connectivity index is 1.60. The van der Waals surface area contributed by atoms with Crippen molar-refractivity contribution >= 4 is 11.7 Å². The number of allylic oxidation sites excluding steroid dienone is 1. The highest BCUT2D eigenvalue weighted by molar-refractivity contribution is 5.92. The summed E-state index contributed by atoms with van der Waals surface area (Å²) in [5.41, 5.74) is 2.94. The summed E-state index contributed by atoms with van der Waals surface area (Å²) in [6.45, 7) is 6.30. The molecule has 0 aliphatic heterocycles. The number of carbonyl (C=O) groups is 1. The molecule has 0 saturated heterocycles. The van der Waals surface area contributed by atoms with Gasteiger partial charge in [0.15, 0.2) is 0 Å². The van der Waals surface area contributed by atoms with E-state index in [9.17, 15) is 10.0 Å². The third-order valence-corrected chi connectivity index (χ3v) is 8.25.